The standard InChI is InChI=1S/C10H19N/c1-5-10-6-9(4)7-11(10)8(2)3/h9-10H,2,5-7H2,1,3-4H3. The van der Waals surface area contributed by atoms with Crippen molar-refractivity contribution < 1.29 is 0 Å². The Morgan fingerprint density at radius 2 is 2.27 bits per heavy atom. The molecule has 1 saturated heterocycles. The second-order valence-electron chi connectivity index (χ2n) is 3.79. The van der Waals surface area contributed by atoms with E-state index in [0.29, 0.717) is 0 Å². The highest BCUT2D eigenvalue weighted by Gasteiger charge is 2.27. The molecule has 0 aromatic heterocycles. The molecule has 0 aromatic rings. The molecule has 0 bridgehead atoms. The van der Waals surface area contributed by atoms with E-state index in [1.807, 2.05) is 0 Å². The molecule has 0 N–H and O–H groups in total. The first-order valence-electron chi connectivity index (χ1n) is 4.57. The normalized spacial score (nSPS) is 31.0. The monoisotopic (exact) mass is 153 g/mol. The highest BCUT2D eigenvalue weighted by molar-refractivity contribution is 4.97. The summed E-state index contributed by atoms with van der Waals surface area (Å²) in [5.41, 5.74) is 1.24. The third-order valence-corrected chi connectivity index (χ3v) is 2.59. The fraction of sp³-hybridized carbons (Fsp3) is 0.800. The van der Waals surface area contributed by atoms with Crippen molar-refractivity contribution >= 4 is 0 Å². The van der Waals surface area contributed by atoms with Gasteiger partial charge in [0.2, 0.25) is 0 Å². The molecule has 0 aliphatic carbocycles. The van der Waals surface area contributed by atoms with Gasteiger partial charge in [-0.2, -0.15) is 0 Å². The molecule has 1 heterocycles. The first-order valence-corrected chi connectivity index (χ1v) is 4.57. The molecule has 1 aliphatic rings. The van der Waals surface area contributed by atoms with Crippen LogP contribution in [0, 0.1) is 5.92 Å². The Kier molecular flexibility index (Phi) is 2.58. The van der Waals surface area contributed by atoms with E-state index in [1.54, 1.807) is 0 Å². The van der Waals surface area contributed by atoms with Crippen molar-refractivity contribution in [3.8, 4) is 0 Å². The van der Waals surface area contributed by atoms with E-state index >= 15 is 0 Å². The van der Waals surface area contributed by atoms with E-state index in [0.717, 1.165) is 12.0 Å². The van der Waals surface area contributed by atoms with Crippen LogP contribution in [-0.2, 0) is 0 Å². The maximum Gasteiger partial charge on any atom is 0.0287 e. The second-order valence-corrected chi connectivity index (χ2v) is 3.79. The zero-order valence-corrected chi connectivity index (χ0v) is 7.93. The van der Waals surface area contributed by atoms with Gasteiger partial charge in [-0.1, -0.05) is 20.4 Å². The van der Waals surface area contributed by atoms with Crippen LogP contribution < -0.4 is 0 Å². The number of likely N-dealkylation sites (tertiary alicyclic amines) is 1. The number of rotatable bonds is 2. The number of hydrogen-bond acceptors (Lipinski definition) is 1. The van der Waals surface area contributed by atoms with Gasteiger partial charge in [-0.15, -0.1) is 0 Å². The van der Waals surface area contributed by atoms with Crippen LogP contribution in [-0.4, -0.2) is 17.5 Å². The van der Waals surface area contributed by atoms with Gasteiger partial charge in [-0.3, -0.25) is 0 Å². The van der Waals surface area contributed by atoms with Gasteiger partial charge in [0, 0.05) is 18.3 Å². The van der Waals surface area contributed by atoms with E-state index < -0.39 is 0 Å². The van der Waals surface area contributed by atoms with Crippen molar-refractivity contribution in [2.24, 2.45) is 5.92 Å². The molecule has 1 rings (SSSR count). The van der Waals surface area contributed by atoms with E-state index in [-0.39, 0.29) is 0 Å². The Morgan fingerprint density at radius 3 is 2.64 bits per heavy atom. The van der Waals surface area contributed by atoms with Gasteiger partial charge in [0.1, 0.15) is 0 Å². The van der Waals surface area contributed by atoms with Crippen molar-refractivity contribution in [3.63, 3.8) is 0 Å². The lowest BCUT2D eigenvalue weighted by Crippen LogP contribution is -2.26. The summed E-state index contributed by atoms with van der Waals surface area (Å²) in [5.74, 6) is 0.858. The molecule has 1 fully saturated rings. The van der Waals surface area contributed by atoms with Crippen molar-refractivity contribution in [3.05, 3.63) is 12.3 Å². The Labute approximate surface area is 70.1 Å². The molecule has 1 nitrogen and oxygen atoms in total. The van der Waals surface area contributed by atoms with Crippen LogP contribution in [0.2, 0.25) is 0 Å². The van der Waals surface area contributed by atoms with Crippen molar-refractivity contribution in [2.45, 2.75) is 39.7 Å². The summed E-state index contributed by atoms with van der Waals surface area (Å²) in [4.78, 5) is 2.45. The van der Waals surface area contributed by atoms with Crippen LogP contribution in [0.25, 0.3) is 0 Å². The Morgan fingerprint density at radius 1 is 1.64 bits per heavy atom. The third-order valence-electron chi connectivity index (χ3n) is 2.59. The minimum Gasteiger partial charge on any atom is -0.372 e. The summed E-state index contributed by atoms with van der Waals surface area (Å²) in [5, 5.41) is 0. The predicted octanol–water partition coefficient (Wildman–Crippen LogP) is 2.64. The van der Waals surface area contributed by atoms with Crippen molar-refractivity contribution in [2.75, 3.05) is 6.54 Å². The molecular formula is C10H19N. The molecule has 64 valence electrons. The van der Waals surface area contributed by atoms with Crippen LogP contribution >= 0.6 is 0 Å². The summed E-state index contributed by atoms with van der Waals surface area (Å²) in [7, 11) is 0. The van der Waals surface area contributed by atoms with Crippen molar-refractivity contribution in [1.82, 2.24) is 4.90 Å². The molecule has 0 spiro atoms. The quantitative estimate of drug-likeness (QED) is 0.589. The van der Waals surface area contributed by atoms with E-state index in [1.165, 1.54) is 25.1 Å². The second kappa shape index (κ2) is 3.29. The molecule has 11 heavy (non-hydrogen) atoms. The van der Waals surface area contributed by atoms with Crippen LogP contribution in [0.15, 0.2) is 12.3 Å². The molecule has 0 aromatic carbocycles. The van der Waals surface area contributed by atoms with Gasteiger partial charge in [-0.25, -0.2) is 0 Å². The lowest BCUT2D eigenvalue weighted by Gasteiger charge is -2.25. The van der Waals surface area contributed by atoms with E-state index in [2.05, 4.69) is 32.3 Å². The maximum absolute atomic E-state index is 4.00. The lowest BCUT2D eigenvalue weighted by atomic mass is 10.1. The summed E-state index contributed by atoms with van der Waals surface area (Å²) >= 11 is 0. The highest BCUT2D eigenvalue weighted by atomic mass is 15.2. The topological polar surface area (TPSA) is 3.24 Å². The maximum atomic E-state index is 4.00. The van der Waals surface area contributed by atoms with Crippen molar-refractivity contribution in [1.29, 1.82) is 0 Å². The van der Waals surface area contributed by atoms with Gasteiger partial charge in [-0.05, 0) is 25.7 Å². The van der Waals surface area contributed by atoms with Crippen LogP contribution in [0.5, 0.6) is 0 Å². The van der Waals surface area contributed by atoms with Gasteiger partial charge < -0.3 is 4.90 Å². The minimum absolute atomic E-state index is 0.766. The summed E-state index contributed by atoms with van der Waals surface area (Å²) in [6, 6.07) is 0.766. The lowest BCUT2D eigenvalue weighted by molar-refractivity contribution is 0.313. The third kappa shape index (κ3) is 1.76. The zero-order chi connectivity index (χ0) is 8.43. The Bertz CT molecular complexity index is 151. The Balaban J connectivity index is 2.57. The molecule has 2 atom stereocenters. The van der Waals surface area contributed by atoms with Gasteiger partial charge in [0.25, 0.3) is 0 Å². The molecule has 0 amide bonds. The number of hydrogen-bond donors (Lipinski definition) is 0. The first-order chi connectivity index (χ1) is 5.15. The number of allylic oxidation sites excluding steroid dienone is 1. The van der Waals surface area contributed by atoms with Gasteiger partial charge in [0.15, 0.2) is 0 Å². The van der Waals surface area contributed by atoms with E-state index in [9.17, 15) is 0 Å². The summed E-state index contributed by atoms with van der Waals surface area (Å²) in [6.07, 6.45) is 2.61. The largest absolute Gasteiger partial charge is 0.372 e. The SMILES string of the molecule is C=C(C)N1CC(C)CC1CC. The van der Waals surface area contributed by atoms with Gasteiger partial charge in [0.05, 0.1) is 0 Å². The molecule has 0 radical (unpaired) electrons. The highest BCUT2D eigenvalue weighted by Crippen LogP contribution is 2.27. The molecule has 1 aliphatic heterocycles. The minimum atomic E-state index is 0.766. The molecule has 2 unspecified atom stereocenters. The predicted molar refractivity (Wildman–Crippen MR) is 49.4 cm³/mol. The fourth-order valence-electron chi connectivity index (χ4n) is 2.01. The number of nitrogens with zero attached hydrogens (tertiary/aromatic N) is 1. The molecular weight excluding hydrogens is 134 g/mol. The van der Waals surface area contributed by atoms with Crippen LogP contribution in [0.1, 0.15) is 33.6 Å². The average Bonchev–Trinajstić information content (AvgIpc) is 2.30. The fourth-order valence-corrected chi connectivity index (χ4v) is 2.01. The van der Waals surface area contributed by atoms with Crippen LogP contribution in [0.3, 0.4) is 0 Å². The average molecular weight is 153 g/mol. The molecule has 0 saturated carbocycles. The van der Waals surface area contributed by atoms with E-state index in [4.69, 9.17) is 0 Å². The smallest absolute Gasteiger partial charge is 0.0287 e. The summed E-state index contributed by atoms with van der Waals surface area (Å²) in [6.45, 7) is 11.9. The Hall–Kier alpha value is -0.460. The van der Waals surface area contributed by atoms with Crippen LogP contribution in [0.4, 0.5) is 0 Å². The first kappa shape index (κ1) is 8.63. The summed E-state index contributed by atoms with van der Waals surface area (Å²) < 4.78 is 0. The zero-order valence-electron chi connectivity index (χ0n) is 7.93. The van der Waals surface area contributed by atoms with Gasteiger partial charge >= 0.3 is 0 Å². The molecule has 1 heteroatoms.